The first kappa shape index (κ1) is 18.8. The molecule has 28 heavy (non-hydrogen) atoms. The molecule has 2 aliphatic rings. The minimum absolute atomic E-state index is 0.194. The molecule has 0 unspecified atom stereocenters. The fourth-order valence-corrected chi connectivity index (χ4v) is 4.07. The number of nitrogens with zero attached hydrogens (tertiary/aromatic N) is 1. The van der Waals surface area contributed by atoms with Gasteiger partial charge in [0.05, 0.1) is 6.61 Å². The standard InChI is InChI=1S/C23H26FNO3/c1-2-3-11-25-12-10-21(17-4-6-19(24)7-5-17)18(14-25)15-26-20-8-9-22-23(13-20)28-16-27-22/h2,4-9,13,18,21H,1,3,10-12,14-16H2/t18-,21-/m1/s1. The number of hydrogen-bond acceptors (Lipinski definition) is 4. The van der Waals surface area contributed by atoms with Crippen molar-refractivity contribution in [3.63, 3.8) is 0 Å². The molecule has 5 heteroatoms. The molecule has 0 N–H and O–H groups in total. The molecule has 0 aromatic heterocycles. The number of likely N-dealkylation sites (tertiary alicyclic amines) is 1. The second kappa shape index (κ2) is 8.65. The van der Waals surface area contributed by atoms with Crippen molar-refractivity contribution in [1.29, 1.82) is 0 Å². The van der Waals surface area contributed by atoms with Gasteiger partial charge >= 0.3 is 0 Å². The summed E-state index contributed by atoms with van der Waals surface area (Å²) in [6.45, 7) is 7.70. The van der Waals surface area contributed by atoms with E-state index in [1.807, 2.05) is 36.4 Å². The SMILES string of the molecule is C=CCCN1CC[C@H](c2ccc(F)cc2)[C@@H](COc2ccc3c(c2)OCO3)C1. The van der Waals surface area contributed by atoms with E-state index in [4.69, 9.17) is 14.2 Å². The topological polar surface area (TPSA) is 30.9 Å². The fraction of sp³-hybridized carbons (Fsp3) is 0.391. The molecular weight excluding hydrogens is 357 g/mol. The van der Waals surface area contributed by atoms with Gasteiger partial charge in [-0.05, 0) is 55.1 Å². The van der Waals surface area contributed by atoms with E-state index in [1.54, 1.807) is 12.1 Å². The van der Waals surface area contributed by atoms with Crippen LogP contribution < -0.4 is 14.2 Å². The smallest absolute Gasteiger partial charge is 0.231 e. The highest BCUT2D eigenvalue weighted by Crippen LogP contribution is 2.37. The van der Waals surface area contributed by atoms with Gasteiger partial charge in [-0.1, -0.05) is 18.2 Å². The minimum atomic E-state index is -0.194. The number of fused-ring (bicyclic) bond motifs is 1. The van der Waals surface area contributed by atoms with Crippen LogP contribution in [-0.2, 0) is 0 Å². The van der Waals surface area contributed by atoms with Gasteiger partial charge in [0.1, 0.15) is 11.6 Å². The quantitative estimate of drug-likeness (QED) is 0.653. The van der Waals surface area contributed by atoms with E-state index in [1.165, 1.54) is 5.56 Å². The predicted octanol–water partition coefficient (Wildman–Crippen LogP) is 4.62. The van der Waals surface area contributed by atoms with Crippen molar-refractivity contribution in [2.75, 3.05) is 33.0 Å². The molecule has 0 amide bonds. The van der Waals surface area contributed by atoms with Crippen LogP contribution in [0.5, 0.6) is 17.2 Å². The summed E-state index contributed by atoms with van der Waals surface area (Å²) in [5.74, 6) is 2.75. The average molecular weight is 383 g/mol. The van der Waals surface area contributed by atoms with Crippen molar-refractivity contribution >= 4 is 0 Å². The molecule has 1 saturated heterocycles. The normalized spacial score (nSPS) is 21.5. The summed E-state index contributed by atoms with van der Waals surface area (Å²) in [5, 5.41) is 0. The Kier molecular flexibility index (Phi) is 5.81. The van der Waals surface area contributed by atoms with Gasteiger partial charge in [-0.3, -0.25) is 0 Å². The van der Waals surface area contributed by atoms with E-state index in [0.29, 0.717) is 18.4 Å². The second-order valence-corrected chi connectivity index (χ2v) is 7.41. The number of ether oxygens (including phenoxy) is 3. The minimum Gasteiger partial charge on any atom is -0.493 e. The summed E-state index contributed by atoms with van der Waals surface area (Å²) in [7, 11) is 0. The molecule has 0 aliphatic carbocycles. The van der Waals surface area contributed by atoms with Gasteiger partial charge in [-0.15, -0.1) is 6.58 Å². The Morgan fingerprint density at radius 3 is 2.79 bits per heavy atom. The number of benzene rings is 2. The Bertz CT molecular complexity index is 808. The number of rotatable bonds is 7. The molecule has 2 aromatic rings. The van der Waals surface area contributed by atoms with Crippen LogP contribution >= 0.6 is 0 Å². The highest BCUT2D eigenvalue weighted by atomic mass is 19.1. The fourth-order valence-electron chi connectivity index (χ4n) is 4.07. The van der Waals surface area contributed by atoms with Gasteiger partial charge in [0.2, 0.25) is 6.79 Å². The molecule has 0 spiro atoms. The van der Waals surface area contributed by atoms with Crippen LogP contribution in [-0.4, -0.2) is 37.9 Å². The highest BCUT2D eigenvalue weighted by Gasteiger charge is 2.31. The van der Waals surface area contributed by atoms with Gasteiger partial charge in [0.25, 0.3) is 0 Å². The first-order valence-corrected chi connectivity index (χ1v) is 9.84. The molecule has 2 aliphatic heterocycles. The van der Waals surface area contributed by atoms with Crippen molar-refractivity contribution in [2.24, 2.45) is 5.92 Å². The first-order valence-electron chi connectivity index (χ1n) is 9.84. The summed E-state index contributed by atoms with van der Waals surface area (Å²) in [6.07, 6.45) is 3.99. The maximum atomic E-state index is 13.4. The molecular formula is C23H26FNO3. The molecule has 1 fully saturated rings. The van der Waals surface area contributed by atoms with Gasteiger partial charge in [0.15, 0.2) is 11.5 Å². The van der Waals surface area contributed by atoms with Crippen molar-refractivity contribution < 1.29 is 18.6 Å². The van der Waals surface area contributed by atoms with Crippen molar-refractivity contribution in [3.05, 3.63) is 66.5 Å². The van der Waals surface area contributed by atoms with Crippen LogP contribution in [0.4, 0.5) is 4.39 Å². The van der Waals surface area contributed by atoms with E-state index in [9.17, 15) is 4.39 Å². The lowest BCUT2D eigenvalue weighted by Crippen LogP contribution is -2.42. The van der Waals surface area contributed by atoms with Crippen molar-refractivity contribution in [2.45, 2.75) is 18.8 Å². The summed E-state index contributed by atoms with van der Waals surface area (Å²) >= 11 is 0. The molecule has 2 atom stereocenters. The summed E-state index contributed by atoms with van der Waals surface area (Å²) < 4.78 is 30.3. The van der Waals surface area contributed by atoms with Crippen LogP contribution in [0.1, 0.15) is 24.3 Å². The Hall–Kier alpha value is -2.53. The molecule has 0 radical (unpaired) electrons. The Labute approximate surface area is 165 Å². The first-order chi connectivity index (χ1) is 13.7. The maximum Gasteiger partial charge on any atom is 0.231 e. The lowest BCUT2D eigenvalue weighted by molar-refractivity contribution is 0.112. The molecule has 148 valence electrons. The average Bonchev–Trinajstić information content (AvgIpc) is 3.19. The second-order valence-electron chi connectivity index (χ2n) is 7.41. The molecule has 0 bridgehead atoms. The zero-order valence-electron chi connectivity index (χ0n) is 16.0. The Balaban J connectivity index is 1.46. The summed E-state index contributed by atoms with van der Waals surface area (Å²) in [5.41, 5.74) is 1.18. The van der Waals surface area contributed by atoms with Crippen LogP contribution in [0.3, 0.4) is 0 Å². The maximum absolute atomic E-state index is 13.4. The van der Waals surface area contributed by atoms with Gasteiger partial charge in [-0.2, -0.15) is 0 Å². The van der Waals surface area contributed by atoms with E-state index >= 15 is 0 Å². The van der Waals surface area contributed by atoms with Crippen LogP contribution in [0.25, 0.3) is 0 Å². The predicted molar refractivity (Wildman–Crippen MR) is 107 cm³/mol. The van der Waals surface area contributed by atoms with Crippen LogP contribution in [0.2, 0.25) is 0 Å². The largest absolute Gasteiger partial charge is 0.493 e. The van der Waals surface area contributed by atoms with E-state index in [0.717, 1.165) is 49.7 Å². The van der Waals surface area contributed by atoms with Crippen molar-refractivity contribution in [1.82, 2.24) is 4.90 Å². The van der Waals surface area contributed by atoms with E-state index in [2.05, 4.69) is 11.5 Å². The van der Waals surface area contributed by atoms with E-state index < -0.39 is 0 Å². The monoisotopic (exact) mass is 383 g/mol. The lowest BCUT2D eigenvalue weighted by atomic mass is 9.81. The third-order valence-corrected chi connectivity index (χ3v) is 5.57. The zero-order chi connectivity index (χ0) is 19.3. The third-order valence-electron chi connectivity index (χ3n) is 5.57. The van der Waals surface area contributed by atoms with E-state index in [-0.39, 0.29) is 12.6 Å². The molecule has 4 rings (SSSR count). The molecule has 0 saturated carbocycles. The Morgan fingerprint density at radius 1 is 1.14 bits per heavy atom. The Morgan fingerprint density at radius 2 is 1.96 bits per heavy atom. The number of piperidine rings is 1. The molecule has 4 nitrogen and oxygen atoms in total. The van der Waals surface area contributed by atoms with Crippen LogP contribution in [0, 0.1) is 11.7 Å². The highest BCUT2D eigenvalue weighted by molar-refractivity contribution is 5.46. The van der Waals surface area contributed by atoms with Gasteiger partial charge in [0, 0.05) is 25.1 Å². The number of halogens is 1. The zero-order valence-corrected chi connectivity index (χ0v) is 16.0. The molecule has 2 aromatic carbocycles. The lowest BCUT2D eigenvalue weighted by Gasteiger charge is -2.38. The van der Waals surface area contributed by atoms with Crippen molar-refractivity contribution in [3.8, 4) is 17.2 Å². The molecule has 2 heterocycles. The summed E-state index contributed by atoms with van der Waals surface area (Å²) in [6, 6.07) is 12.6. The summed E-state index contributed by atoms with van der Waals surface area (Å²) in [4.78, 5) is 2.47. The number of hydrogen-bond donors (Lipinski definition) is 0. The third kappa shape index (κ3) is 4.30. The van der Waals surface area contributed by atoms with Gasteiger partial charge in [-0.25, -0.2) is 4.39 Å². The van der Waals surface area contributed by atoms with Crippen LogP contribution in [0.15, 0.2) is 55.1 Å². The van der Waals surface area contributed by atoms with Gasteiger partial charge < -0.3 is 19.1 Å².